The first-order valence-corrected chi connectivity index (χ1v) is 4.80. The molecule has 92 valence electrons. The van der Waals surface area contributed by atoms with Crippen LogP contribution < -0.4 is 10.5 Å². The second-order valence-corrected chi connectivity index (χ2v) is 3.05. The zero-order valence-corrected chi connectivity index (χ0v) is 9.43. The molecular weight excluding hydrogens is 228 g/mol. The lowest BCUT2D eigenvalue weighted by molar-refractivity contribution is -0.383. The van der Waals surface area contributed by atoms with Gasteiger partial charge in [0.2, 0.25) is 0 Å². The first-order chi connectivity index (χ1) is 8.02. The predicted molar refractivity (Wildman–Crippen MR) is 60.0 cm³/mol. The number of nitro benzene ring substituents is 1. The lowest BCUT2D eigenvalue weighted by Gasteiger charge is -2.10. The standard InChI is InChI=1S/C10H12N2O5/c1-3-17-10(13)8-7(16-2)5-4-6(9(8)11)12(14)15/h4-5H,3,11H2,1-2H3. The fourth-order valence-corrected chi connectivity index (χ4v) is 1.33. The highest BCUT2D eigenvalue weighted by Crippen LogP contribution is 2.33. The van der Waals surface area contributed by atoms with E-state index in [1.165, 1.54) is 19.2 Å². The van der Waals surface area contributed by atoms with Crippen molar-refractivity contribution in [3.05, 3.63) is 27.8 Å². The van der Waals surface area contributed by atoms with Gasteiger partial charge in [0.1, 0.15) is 17.0 Å². The third-order valence-electron chi connectivity index (χ3n) is 2.08. The summed E-state index contributed by atoms with van der Waals surface area (Å²) in [6.45, 7) is 1.77. The number of hydrogen-bond acceptors (Lipinski definition) is 6. The number of ether oxygens (including phenoxy) is 2. The molecule has 1 aromatic rings. The van der Waals surface area contributed by atoms with Gasteiger partial charge in [0.25, 0.3) is 5.69 Å². The van der Waals surface area contributed by atoms with Crippen LogP contribution in [0.4, 0.5) is 11.4 Å². The van der Waals surface area contributed by atoms with Crippen LogP contribution in [0, 0.1) is 10.1 Å². The molecule has 0 heterocycles. The molecule has 0 unspecified atom stereocenters. The van der Waals surface area contributed by atoms with E-state index in [1.54, 1.807) is 6.92 Å². The molecule has 1 rings (SSSR count). The molecule has 2 N–H and O–H groups in total. The zero-order valence-electron chi connectivity index (χ0n) is 9.43. The molecule has 0 atom stereocenters. The summed E-state index contributed by atoms with van der Waals surface area (Å²) in [5.74, 6) is -0.600. The topological polar surface area (TPSA) is 105 Å². The van der Waals surface area contributed by atoms with Gasteiger partial charge >= 0.3 is 5.97 Å². The number of carbonyl (C=O) groups is 1. The Balaban J connectivity index is 3.37. The number of nitrogen functional groups attached to an aromatic ring is 1. The Morgan fingerprint density at radius 1 is 1.53 bits per heavy atom. The molecule has 0 fully saturated rings. The average Bonchev–Trinajstić information content (AvgIpc) is 2.27. The second-order valence-electron chi connectivity index (χ2n) is 3.05. The molecule has 0 amide bonds. The van der Waals surface area contributed by atoms with Crippen LogP contribution in [0.3, 0.4) is 0 Å². The van der Waals surface area contributed by atoms with Crippen LogP contribution in [-0.4, -0.2) is 24.6 Å². The average molecular weight is 240 g/mol. The molecule has 0 saturated carbocycles. The van der Waals surface area contributed by atoms with Gasteiger partial charge in [0.05, 0.1) is 18.6 Å². The van der Waals surface area contributed by atoms with Crippen molar-refractivity contribution in [3.8, 4) is 5.75 Å². The maximum atomic E-state index is 11.6. The number of carbonyl (C=O) groups excluding carboxylic acids is 1. The molecule has 0 bridgehead atoms. The van der Waals surface area contributed by atoms with Crippen LogP contribution in [-0.2, 0) is 4.74 Å². The summed E-state index contributed by atoms with van der Waals surface area (Å²) in [6.07, 6.45) is 0. The highest BCUT2D eigenvalue weighted by atomic mass is 16.6. The van der Waals surface area contributed by atoms with Gasteiger partial charge in [-0.05, 0) is 13.0 Å². The number of hydrogen-bond donors (Lipinski definition) is 1. The van der Waals surface area contributed by atoms with E-state index in [0.717, 1.165) is 0 Å². The van der Waals surface area contributed by atoms with E-state index in [2.05, 4.69) is 0 Å². The van der Waals surface area contributed by atoms with E-state index in [0.29, 0.717) is 0 Å². The van der Waals surface area contributed by atoms with Gasteiger partial charge in [0.15, 0.2) is 0 Å². The van der Waals surface area contributed by atoms with Crippen molar-refractivity contribution in [1.82, 2.24) is 0 Å². The molecule has 0 spiro atoms. The molecule has 0 aliphatic carbocycles. The number of nitrogens with two attached hydrogens (primary N) is 1. The van der Waals surface area contributed by atoms with Crippen LogP contribution in [0.5, 0.6) is 5.75 Å². The summed E-state index contributed by atoms with van der Waals surface area (Å²) < 4.78 is 9.69. The first-order valence-electron chi connectivity index (χ1n) is 4.80. The van der Waals surface area contributed by atoms with Crippen LogP contribution >= 0.6 is 0 Å². The summed E-state index contributed by atoms with van der Waals surface area (Å²) in [4.78, 5) is 21.6. The molecule has 0 aromatic heterocycles. The van der Waals surface area contributed by atoms with Crippen molar-refractivity contribution in [1.29, 1.82) is 0 Å². The fourth-order valence-electron chi connectivity index (χ4n) is 1.33. The van der Waals surface area contributed by atoms with E-state index >= 15 is 0 Å². The summed E-state index contributed by atoms with van der Waals surface area (Å²) >= 11 is 0. The van der Waals surface area contributed by atoms with Gasteiger partial charge in [-0.3, -0.25) is 10.1 Å². The lowest BCUT2D eigenvalue weighted by atomic mass is 10.1. The second kappa shape index (κ2) is 5.15. The first kappa shape index (κ1) is 12.8. The van der Waals surface area contributed by atoms with Crippen molar-refractivity contribution >= 4 is 17.3 Å². The summed E-state index contributed by atoms with van der Waals surface area (Å²) in [6, 6.07) is 2.48. The predicted octanol–water partition coefficient (Wildman–Crippen LogP) is 1.36. The minimum Gasteiger partial charge on any atom is -0.496 e. The largest absolute Gasteiger partial charge is 0.496 e. The normalized spacial score (nSPS) is 9.76. The van der Waals surface area contributed by atoms with E-state index in [1.807, 2.05) is 0 Å². The van der Waals surface area contributed by atoms with E-state index in [4.69, 9.17) is 15.2 Å². The number of nitro groups is 1. The monoisotopic (exact) mass is 240 g/mol. The Kier molecular flexibility index (Phi) is 3.86. The van der Waals surface area contributed by atoms with Crippen LogP contribution in [0.2, 0.25) is 0 Å². The molecule has 0 aliphatic rings. The van der Waals surface area contributed by atoms with Gasteiger partial charge in [0, 0.05) is 6.07 Å². The van der Waals surface area contributed by atoms with Gasteiger partial charge in [-0.1, -0.05) is 0 Å². The molecule has 17 heavy (non-hydrogen) atoms. The third-order valence-corrected chi connectivity index (χ3v) is 2.08. The summed E-state index contributed by atoms with van der Waals surface area (Å²) in [7, 11) is 1.34. The molecule has 7 heteroatoms. The Labute approximate surface area is 97.3 Å². The molecule has 0 radical (unpaired) electrons. The summed E-state index contributed by atoms with van der Waals surface area (Å²) in [5, 5.41) is 10.7. The number of methoxy groups -OCH3 is 1. The van der Waals surface area contributed by atoms with Gasteiger partial charge in [-0.15, -0.1) is 0 Å². The number of benzene rings is 1. The smallest absolute Gasteiger partial charge is 0.344 e. The van der Waals surface area contributed by atoms with Gasteiger partial charge in [-0.25, -0.2) is 4.79 Å². The molecule has 1 aromatic carbocycles. The van der Waals surface area contributed by atoms with Crippen LogP contribution in [0.25, 0.3) is 0 Å². The Hall–Kier alpha value is -2.31. The minimum atomic E-state index is -0.745. The molecule has 7 nitrogen and oxygen atoms in total. The molecule has 0 saturated heterocycles. The van der Waals surface area contributed by atoms with Gasteiger partial charge in [-0.2, -0.15) is 0 Å². The number of anilines is 1. The third kappa shape index (κ3) is 2.44. The quantitative estimate of drug-likeness (QED) is 0.368. The number of rotatable bonds is 4. The highest BCUT2D eigenvalue weighted by Gasteiger charge is 2.24. The molecular formula is C10H12N2O5. The SMILES string of the molecule is CCOC(=O)c1c(OC)ccc([N+](=O)[O-])c1N. The maximum Gasteiger partial charge on any atom is 0.344 e. The highest BCUT2D eigenvalue weighted by molar-refractivity contribution is 6.00. The lowest BCUT2D eigenvalue weighted by Crippen LogP contribution is -2.11. The van der Waals surface area contributed by atoms with Crippen LogP contribution in [0.1, 0.15) is 17.3 Å². The van der Waals surface area contributed by atoms with E-state index in [-0.39, 0.29) is 29.3 Å². The van der Waals surface area contributed by atoms with E-state index in [9.17, 15) is 14.9 Å². The summed E-state index contributed by atoms with van der Waals surface area (Å²) in [5.41, 5.74) is 4.84. The minimum absolute atomic E-state index is 0.122. The van der Waals surface area contributed by atoms with Gasteiger partial charge < -0.3 is 15.2 Å². The Morgan fingerprint density at radius 3 is 2.65 bits per heavy atom. The number of esters is 1. The zero-order chi connectivity index (χ0) is 13.0. The molecule has 0 aliphatic heterocycles. The van der Waals surface area contributed by atoms with Crippen molar-refractivity contribution in [2.75, 3.05) is 19.5 Å². The number of nitrogens with zero attached hydrogens (tertiary/aromatic N) is 1. The maximum absolute atomic E-state index is 11.6. The Bertz CT molecular complexity index is 458. The van der Waals surface area contributed by atoms with E-state index < -0.39 is 10.9 Å². The van der Waals surface area contributed by atoms with Crippen LogP contribution in [0.15, 0.2) is 12.1 Å². The fraction of sp³-hybridized carbons (Fsp3) is 0.300. The van der Waals surface area contributed by atoms with Crippen molar-refractivity contribution < 1.29 is 19.2 Å². The van der Waals surface area contributed by atoms with Crippen molar-refractivity contribution in [2.45, 2.75) is 6.92 Å². The van der Waals surface area contributed by atoms with Crippen molar-refractivity contribution in [3.63, 3.8) is 0 Å². The Morgan fingerprint density at radius 2 is 2.18 bits per heavy atom. The van der Waals surface area contributed by atoms with Crippen molar-refractivity contribution in [2.24, 2.45) is 0 Å².